The topological polar surface area (TPSA) is 120 Å². The normalized spacial score (nSPS) is 11.8. The minimum Gasteiger partial charge on any atom is -0.453 e. The molecule has 0 aromatic carbocycles. The molecule has 3 aromatic rings. The molecule has 25 heavy (non-hydrogen) atoms. The Morgan fingerprint density at radius 2 is 2.16 bits per heavy atom. The first kappa shape index (κ1) is 17.3. The number of nitrogens with zero attached hydrogens (tertiary/aromatic N) is 5. The van der Waals surface area contributed by atoms with E-state index in [0.29, 0.717) is 10.6 Å². The summed E-state index contributed by atoms with van der Waals surface area (Å²) in [5, 5.41) is 12.3. The number of ether oxygens (including phenoxy) is 1. The molecule has 0 unspecified atom stereocenters. The van der Waals surface area contributed by atoms with Crippen molar-refractivity contribution in [2.75, 3.05) is 14.1 Å². The number of furan rings is 1. The lowest BCUT2D eigenvalue weighted by atomic mass is 10.4. The fourth-order valence-electron chi connectivity index (χ4n) is 1.86. The van der Waals surface area contributed by atoms with Gasteiger partial charge in [0.05, 0.1) is 5.69 Å². The maximum atomic E-state index is 12.2. The summed E-state index contributed by atoms with van der Waals surface area (Å²) < 4.78 is 36.7. The quantitative estimate of drug-likeness (QED) is 0.576. The van der Waals surface area contributed by atoms with Crippen molar-refractivity contribution in [2.24, 2.45) is 0 Å². The average Bonchev–Trinajstić information content (AvgIpc) is 3.32. The van der Waals surface area contributed by atoms with Crippen LogP contribution in [0.4, 0.5) is 0 Å². The van der Waals surface area contributed by atoms with Crippen LogP contribution in [0.15, 0.2) is 39.4 Å². The largest absolute Gasteiger partial charge is 0.453 e. The third-order valence-electron chi connectivity index (χ3n) is 3.14. The summed E-state index contributed by atoms with van der Waals surface area (Å²) in [7, 11) is -0.876. The highest BCUT2D eigenvalue weighted by Crippen LogP contribution is 2.22. The number of carbonyl (C=O) groups is 1. The van der Waals surface area contributed by atoms with Gasteiger partial charge in [-0.25, -0.2) is 17.5 Å². The van der Waals surface area contributed by atoms with Crippen molar-refractivity contribution in [1.82, 2.24) is 24.5 Å². The predicted octanol–water partition coefficient (Wildman–Crippen LogP) is 0.924. The number of hydrogen-bond donors (Lipinski definition) is 0. The van der Waals surface area contributed by atoms with Gasteiger partial charge in [-0.2, -0.15) is 4.68 Å². The van der Waals surface area contributed by atoms with Crippen molar-refractivity contribution in [3.63, 3.8) is 0 Å². The third kappa shape index (κ3) is 3.45. The van der Waals surface area contributed by atoms with Crippen LogP contribution in [0.25, 0.3) is 5.69 Å². The van der Waals surface area contributed by atoms with Crippen molar-refractivity contribution in [1.29, 1.82) is 0 Å². The number of thiophene rings is 1. The molecule has 0 fully saturated rings. The SMILES string of the molecule is CN(C)S(=O)(=O)c1ccc(COC(=O)c2sccc2-n2cnnn2)o1. The van der Waals surface area contributed by atoms with Crippen LogP contribution in [-0.2, 0) is 21.4 Å². The van der Waals surface area contributed by atoms with Crippen molar-refractivity contribution in [2.45, 2.75) is 11.7 Å². The van der Waals surface area contributed by atoms with Crippen molar-refractivity contribution >= 4 is 27.3 Å². The summed E-state index contributed by atoms with van der Waals surface area (Å²) in [5.41, 5.74) is 0.496. The maximum Gasteiger partial charge on any atom is 0.351 e. The van der Waals surface area contributed by atoms with Crippen molar-refractivity contribution < 1.29 is 22.4 Å². The number of tetrazole rings is 1. The van der Waals surface area contributed by atoms with E-state index in [4.69, 9.17) is 9.15 Å². The molecule has 3 aromatic heterocycles. The van der Waals surface area contributed by atoms with E-state index in [1.165, 1.54) is 48.6 Å². The molecular weight excluding hydrogens is 370 g/mol. The van der Waals surface area contributed by atoms with Crippen LogP contribution in [0.3, 0.4) is 0 Å². The van der Waals surface area contributed by atoms with Gasteiger partial charge in [0.15, 0.2) is 0 Å². The number of rotatable bonds is 6. The summed E-state index contributed by atoms with van der Waals surface area (Å²) in [6.07, 6.45) is 1.36. The summed E-state index contributed by atoms with van der Waals surface area (Å²) in [4.78, 5) is 12.6. The highest BCUT2D eigenvalue weighted by Gasteiger charge is 2.22. The minimum atomic E-state index is -3.67. The van der Waals surface area contributed by atoms with Gasteiger partial charge in [0.1, 0.15) is 23.6 Å². The fraction of sp³-hybridized carbons (Fsp3) is 0.231. The van der Waals surface area contributed by atoms with Gasteiger partial charge in [-0.05, 0) is 34.0 Å². The summed E-state index contributed by atoms with van der Waals surface area (Å²) in [5.74, 6) is -0.372. The Hall–Kier alpha value is -2.57. The van der Waals surface area contributed by atoms with Crippen LogP contribution in [0.2, 0.25) is 0 Å². The van der Waals surface area contributed by atoms with Gasteiger partial charge < -0.3 is 9.15 Å². The Balaban J connectivity index is 1.70. The molecule has 0 amide bonds. The molecule has 10 nitrogen and oxygen atoms in total. The van der Waals surface area contributed by atoms with Crippen LogP contribution in [0.1, 0.15) is 15.4 Å². The smallest absolute Gasteiger partial charge is 0.351 e. The Kier molecular flexibility index (Phi) is 4.65. The molecule has 0 N–H and O–H groups in total. The fourth-order valence-corrected chi connectivity index (χ4v) is 3.45. The second kappa shape index (κ2) is 6.74. The monoisotopic (exact) mass is 383 g/mol. The highest BCUT2D eigenvalue weighted by molar-refractivity contribution is 7.88. The van der Waals surface area contributed by atoms with E-state index in [9.17, 15) is 13.2 Å². The summed E-state index contributed by atoms with van der Waals surface area (Å²) >= 11 is 1.18. The molecule has 3 heterocycles. The summed E-state index contributed by atoms with van der Waals surface area (Å²) in [6.45, 7) is -0.200. The predicted molar refractivity (Wildman–Crippen MR) is 85.7 cm³/mol. The number of carbonyl (C=O) groups excluding carboxylic acids is 1. The van der Waals surface area contributed by atoms with Gasteiger partial charge >= 0.3 is 5.97 Å². The van der Waals surface area contributed by atoms with E-state index in [2.05, 4.69) is 15.5 Å². The Labute approximate surface area is 146 Å². The van der Waals surface area contributed by atoms with Gasteiger partial charge in [0.25, 0.3) is 10.0 Å². The first-order valence-electron chi connectivity index (χ1n) is 6.89. The molecule has 3 rings (SSSR count). The second-order valence-corrected chi connectivity index (χ2v) is 7.97. The third-order valence-corrected chi connectivity index (χ3v) is 5.72. The first-order valence-corrected chi connectivity index (χ1v) is 9.21. The lowest BCUT2D eigenvalue weighted by Crippen LogP contribution is -2.21. The number of hydrogen-bond acceptors (Lipinski definition) is 9. The van der Waals surface area contributed by atoms with Crippen molar-refractivity contribution in [3.05, 3.63) is 40.5 Å². The van der Waals surface area contributed by atoms with Crippen LogP contribution >= 0.6 is 11.3 Å². The number of esters is 1. The zero-order valence-electron chi connectivity index (χ0n) is 13.2. The van der Waals surface area contributed by atoms with E-state index in [1.54, 1.807) is 11.4 Å². The first-order chi connectivity index (χ1) is 11.9. The number of aromatic nitrogens is 4. The molecule has 0 saturated heterocycles. The molecule has 0 atom stereocenters. The van der Waals surface area contributed by atoms with Crippen LogP contribution in [0, 0.1) is 0 Å². The molecule has 0 radical (unpaired) electrons. The molecule has 0 spiro atoms. The second-order valence-electron chi connectivity index (χ2n) is 4.97. The van der Waals surface area contributed by atoms with E-state index in [0.717, 1.165) is 4.31 Å². The van der Waals surface area contributed by atoms with Gasteiger partial charge in [0, 0.05) is 14.1 Å². The molecule has 0 bridgehead atoms. The van der Waals surface area contributed by atoms with Crippen LogP contribution < -0.4 is 0 Å². The van der Waals surface area contributed by atoms with Crippen LogP contribution in [-0.4, -0.2) is 53.0 Å². The zero-order chi connectivity index (χ0) is 18.0. The average molecular weight is 383 g/mol. The van der Waals surface area contributed by atoms with Gasteiger partial charge in [-0.1, -0.05) is 0 Å². The standard InChI is InChI=1S/C13H13N5O5S2/c1-17(2)25(20,21)11-4-3-9(23-11)7-22-13(19)12-10(5-6-24-12)18-8-14-15-16-18/h3-6,8H,7H2,1-2H3. The molecule has 0 aliphatic heterocycles. The van der Waals surface area contributed by atoms with E-state index >= 15 is 0 Å². The van der Waals surface area contributed by atoms with Gasteiger partial charge in [-0.15, -0.1) is 16.4 Å². The number of sulfonamides is 1. The summed E-state index contributed by atoms with van der Waals surface area (Å²) in [6, 6.07) is 4.45. The molecule has 0 aliphatic carbocycles. The molecule has 0 saturated carbocycles. The zero-order valence-corrected chi connectivity index (χ0v) is 14.8. The van der Waals surface area contributed by atoms with Gasteiger partial charge in [0.2, 0.25) is 5.09 Å². The van der Waals surface area contributed by atoms with E-state index in [-0.39, 0.29) is 17.5 Å². The lowest BCUT2D eigenvalue weighted by molar-refractivity contribution is 0.0446. The molecule has 0 aliphatic rings. The van der Waals surface area contributed by atoms with Crippen molar-refractivity contribution in [3.8, 4) is 5.69 Å². The Morgan fingerprint density at radius 1 is 1.36 bits per heavy atom. The molecule has 12 heteroatoms. The minimum absolute atomic E-state index is 0.200. The highest BCUT2D eigenvalue weighted by atomic mass is 32.2. The van der Waals surface area contributed by atoms with E-state index in [1.807, 2.05) is 0 Å². The van der Waals surface area contributed by atoms with Crippen LogP contribution in [0.5, 0.6) is 0 Å². The van der Waals surface area contributed by atoms with E-state index < -0.39 is 16.0 Å². The molecular formula is C13H13N5O5S2. The Bertz CT molecular complexity index is 974. The lowest BCUT2D eigenvalue weighted by Gasteiger charge is -2.08. The van der Waals surface area contributed by atoms with Gasteiger partial charge in [-0.3, -0.25) is 0 Å². The molecule has 132 valence electrons. The Morgan fingerprint density at radius 3 is 2.84 bits per heavy atom. The maximum absolute atomic E-state index is 12.2.